The number of benzene rings is 10. The Kier molecular flexibility index (Phi) is 19.9. The van der Waals surface area contributed by atoms with Crippen molar-refractivity contribution >= 4 is 66.1 Å². The maximum atomic E-state index is 8.35. The van der Waals surface area contributed by atoms with Crippen LogP contribution in [0.15, 0.2) is 304 Å². The van der Waals surface area contributed by atoms with Gasteiger partial charge in [0.25, 0.3) is 0 Å². The fourth-order valence-electron chi connectivity index (χ4n) is 9.43. The minimum Gasteiger partial charge on any atom is -0.509 e. The van der Waals surface area contributed by atoms with Crippen LogP contribution in [0, 0.1) is 0 Å². The van der Waals surface area contributed by atoms with Gasteiger partial charge in [-0.25, -0.2) is 0 Å². The maximum absolute atomic E-state index is 8.35. The molecule has 1 heterocycles. The summed E-state index contributed by atoms with van der Waals surface area (Å²) >= 11 is 0. The number of hydrogen-bond donors (Lipinski definition) is 1. The van der Waals surface area contributed by atoms with Gasteiger partial charge >= 0.3 is 0 Å². The van der Waals surface area contributed by atoms with Crippen LogP contribution < -0.4 is 4.90 Å². The van der Waals surface area contributed by atoms with Crippen LogP contribution in [-0.4, -0.2) is 5.11 Å². The van der Waals surface area contributed by atoms with Gasteiger partial charge in [-0.2, -0.15) is 0 Å². The minimum absolute atomic E-state index is 0.0555. The number of anilines is 3. The van der Waals surface area contributed by atoms with E-state index < -0.39 is 0 Å². The zero-order valence-corrected chi connectivity index (χ0v) is 45.7. The van der Waals surface area contributed by atoms with Crippen LogP contribution in [0.4, 0.5) is 17.1 Å². The smallest absolute Gasteiger partial charge is 0.135 e. The Hall–Kier alpha value is -9.70. The third-order valence-electron chi connectivity index (χ3n) is 13.0. The standard InChI is InChI=1S/C62H45NO.C6H8O.C3H6.C2H6.C2H4/c1-3-12-42(4-2)51-38-52(43-13-6-5-7-14-43)40-53(39-51)46-25-33-56(34-26-46)63(55-31-23-45(24-32-55)49-28-36-62-60(41-49)59-17-10-11-18-61(59)64-62)54-29-21-44(22-30-54)48-27-35-58-50(37-48)20-19-47-15-8-9-16-57(47)58;1-3-4-5-6(2)7;1-3-2;2*1-2/h3-41H,1-2H3;3-5,7H,1-2H2;3H,1H2,2H3;1-2H3;1-2H2/b12-3-,42-4+;5-4-;;;. The summed E-state index contributed by atoms with van der Waals surface area (Å²) in [6, 6.07) is 79.1. The van der Waals surface area contributed by atoms with E-state index in [2.05, 4.69) is 276 Å². The molecule has 11 rings (SSSR count). The van der Waals surface area contributed by atoms with Gasteiger partial charge in [0.15, 0.2) is 0 Å². The molecule has 0 aliphatic rings. The number of hydrogen-bond acceptors (Lipinski definition) is 3. The third kappa shape index (κ3) is 13.2. The Balaban J connectivity index is 0.000000569. The fraction of sp³-hybridized carbons (Fsp3) is 0.0667. The lowest BCUT2D eigenvalue weighted by molar-refractivity contribution is 0.435. The molecule has 0 unspecified atom stereocenters. The first-order valence-electron chi connectivity index (χ1n) is 26.5. The van der Waals surface area contributed by atoms with E-state index in [4.69, 9.17) is 9.52 Å². The zero-order chi connectivity index (χ0) is 55.4. The van der Waals surface area contributed by atoms with E-state index >= 15 is 0 Å². The van der Waals surface area contributed by atoms with Crippen LogP contribution in [0.25, 0.3) is 93.6 Å². The highest BCUT2D eigenvalue weighted by molar-refractivity contribution is 6.09. The van der Waals surface area contributed by atoms with Crippen molar-refractivity contribution in [3.05, 3.63) is 305 Å². The summed E-state index contributed by atoms with van der Waals surface area (Å²) in [5.74, 6) is 0.0555. The Morgan fingerprint density at radius 3 is 1.45 bits per heavy atom. The molecule has 1 aromatic heterocycles. The number of rotatable bonds is 11. The molecule has 0 saturated carbocycles. The highest BCUT2D eigenvalue weighted by atomic mass is 16.3. The first-order valence-corrected chi connectivity index (χ1v) is 26.5. The lowest BCUT2D eigenvalue weighted by Crippen LogP contribution is -2.09. The van der Waals surface area contributed by atoms with E-state index in [0.717, 1.165) is 55.7 Å². The molecule has 1 N–H and O–H groups in total. The summed E-state index contributed by atoms with van der Waals surface area (Å²) < 4.78 is 6.14. The van der Waals surface area contributed by atoms with Gasteiger partial charge in [0, 0.05) is 27.8 Å². The molecule has 0 fully saturated rings. The number of nitrogens with zero attached hydrogens (tertiary/aromatic N) is 1. The van der Waals surface area contributed by atoms with E-state index in [1.807, 2.05) is 32.9 Å². The second-order valence-electron chi connectivity index (χ2n) is 17.9. The van der Waals surface area contributed by atoms with Gasteiger partial charge < -0.3 is 14.4 Å². The molecule has 0 atom stereocenters. The Morgan fingerprint density at radius 2 is 0.897 bits per heavy atom. The van der Waals surface area contributed by atoms with Gasteiger partial charge in [0.2, 0.25) is 0 Å². The van der Waals surface area contributed by atoms with Crippen molar-refractivity contribution in [2.24, 2.45) is 0 Å². The van der Waals surface area contributed by atoms with Crippen molar-refractivity contribution in [1.82, 2.24) is 0 Å². The van der Waals surface area contributed by atoms with E-state index in [0.29, 0.717) is 0 Å². The van der Waals surface area contributed by atoms with Crippen molar-refractivity contribution < 1.29 is 9.52 Å². The van der Waals surface area contributed by atoms with E-state index in [9.17, 15) is 0 Å². The Bertz CT molecular complexity index is 3870. The zero-order valence-electron chi connectivity index (χ0n) is 45.7. The van der Waals surface area contributed by atoms with Crippen LogP contribution in [0.3, 0.4) is 0 Å². The van der Waals surface area contributed by atoms with Gasteiger partial charge in [-0.3, -0.25) is 0 Å². The molecule has 0 amide bonds. The van der Waals surface area contributed by atoms with Crippen LogP contribution in [0.1, 0.15) is 40.2 Å². The highest BCUT2D eigenvalue weighted by Crippen LogP contribution is 2.40. The number of allylic oxidation sites excluding steroid dienone is 8. The topological polar surface area (TPSA) is 36.6 Å². The molecular weight excluding hydrogens is 947 g/mol. The maximum Gasteiger partial charge on any atom is 0.135 e. The third-order valence-corrected chi connectivity index (χ3v) is 13.0. The van der Waals surface area contributed by atoms with Crippen molar-refractivity contribution in [2.45, 2.75) is 34.6 Å². The monoisotopic (exact) mass is 1020 g/mol. The van der Waals surface area contributed by atoms with Crippen molar-refractivity contribution in [1.29, 1.82) is 0 Å². The van der Waals surface area contributed by atoms with Gasteiger partial charge in [0.1, 0.15) is 16.9 Å². The fourth-order valence-corrected chi connectivity index (χ4v) is 9.43. The molecule has 3 nitrogen and oxygen atoms in total. The second kappa shape index (κ2) is 27.7. The van der Waals surface area contributed by atoms with E-state index in [1.165, 1.54) is 66.6 Å². The number of aliphatic hydroxyl groups excluding tert-OH is 1. The van der Waals surface area contributed by atoms with E-state index in [-0.39, 0.29) is 5.76 Å². The first kappa shape index (κ1) is 56.0. The first-order chi connectivity index (χ1) is 38.3. The van der Waals surface area contributed by atoms with Crippen molar-refractivity contribution in [2.75, 3.05) is 4.90 Å². The highest BCUT2D eigenvalue weighted by Gasteiger charge is 2.16. The molecule has 10 aromatic carbocycles. The Morgan fingerprint density at radius 1 is 0.436 bits per heavy atom. The molecule has 78 heavy (non-hydrogen) atoms. The predicted molar refractivity (Wildman–Crippen MR) is 343 cm³/mol. The van der Waals surface area contributed by atoms with Gasteiger partial charge in [-0.05, 0) is 183 Å². The lowest BCUT2D eigenvalue weighted by Gasteiger charge is -2.26. The van der Waals surface area contributed by atoms with E-state index in [1.54, 1.807) is 18.2 Å². The molecule has 0 radical (unpaired) electrons. The number of para-hydroxylation sites is 1. The summed E-state index contributed by atoms with van der Waals surface area (Å²) in [6.07, 6.45) is 12.9. The van der Waals surface area contributed by atoms with Crippen molar-refractivity contribution in [3.8, 4) is 44.5 Å². The lowest BCUT2D eigenvalue weighted by atomic mass is 9.93. The molecular formula is C75H69NO2. The average molecular weight is 1020 g/mol. The SMILES string of the molecule is C/C=C\C(=C/C)c1cc(-c2ccccc2)cc(-c2ccc(N(c3ccc(-c4ccc5c(ccc6ccccc65)c4)cc3)c3ccc(-c4ccc5oc6ccccc6c5c4)cc3)cc2)c1.C=C.C=C/C=C\C(=C)O.C=CC.CC. The summed E-state index contributed by atoms with van der Waals surface area (Å²) in [5.41, 5.74) is 16.9. The Labute approximate surface area is 462 Å². The molecule has 386 valence electrons. The second-order valence-corrected chi connectivity index (χ2v) is 17.9. The number of fused-ring (bicyclic) bond motifs is 6. The van der Waals surface area contributed by atoms with Gasteiger partial charge in [0.05, 0.1) is 0 Å². The van der Waals surface area contributed by atoms with Crippen molar-refractivity contribution in [3.63, 3.8) is 0 Å². The molecule has 0 aliphatic carbocycles. The van der Waals surface area contributed by atoms with Crippen LogP contribution in [0.5, 0.6) is 0 Å². The van der Waals surface area contributed by atoms with Crippen LogP contribution in [0.2, 0.25) is 0 Å². The van der Waals surface area contributed by atoms with Crippen LogP contribution >= 0.6 is 0 Å². The molecule has 11 aromatic rings. The summed E-state index contributed by atoms with van der Waals surface area (Å²) in [5, 5.41) is 15.7. The average Bonchev–Trinajstić information content (AvgIpc) is 3.96. The van der Waals surface area contributed by atoms with Gasteiger partial charge in [-0.1, -0.05) is 203 Å². The molecule has 0 spiro atoms. The van der Waals surface area contributed by atoms with Gasteiger partial charge in [-0.15, -0.1) is 19.7 Å². The van der Waals surface area contributed by atoms with Crippen LogP contribution in [-0.2, 0) is 0 Å². The quantitative estimate of drug-likeness (QED) is 0.0607. The summed E-state index contributed by atoms with van der Waals surface area (Å²) in [4.78, 5) is 2.35. The molecule has 0 bridgehead atoms. The largest absolute Gasteiger partial charge is 0.509 e. The summed E-state index contributed by atoms with van der Waals surface area (Å²) in [6.45, 7) is 26.0. The predicted octanol–water partition coefficient (Wildman–Crippen LogP) is 22.8. The molecule has 3 heteroatoms. The number of furan rings is 1. The molecule has 0 saturated heterocycles. The molecule has 0 aliphatic heterocycles. The minimum atomic E-state index is 0.0555. The number of aliphatic hydroxyl groups is 1. The summed E-state index contributed by atoms with van der Waals surface area (Å²) in [7, 11) is 0. The normalized spacial score (nSPS) is 10.9.